The predicted octanol–water partition coefficient (Wildman–Crippen LogP) is 8.45. The highest BCUT2D eigenvalue weighted by Gasteiger charge is 2.26. The molecule has 0 unspecified atom stereocenters. The number of hydrogen-bond acceptors (Lipinski definition) is 1. The van der Waals surface area contributed by atoms with Gasteiger partial charge in [-0.15, -0.1) is 11.3 Å². The molecule has 2 aliphatic rings. The molecule has 0 atom stereocenters. The van der Waals surface area contributed by atoms with Gasteiger partial charge in [0.05, 0.1) is 0 Å². The number of halogens is 1. The van der Waals surface area contributed by atoms with Gasteiger partial charge < -0.3 is 0 Å². The molecular formula is C27H15ClS. The van der Waals surface area contributed by atoms with Crippen LogP contribution >= 0.6 is 22.9 Å². The Morgan fingerprint density at radius 3 is 2.28 bits per heavy atom. The molecule has 0 N–H and O–H groups in total. The van der Waals surface area contributed by atoms with Crippen LogP contribution in [-0.2, 0) is 6.42 Å². The number of benzene rings is 4. The number of thiophene rings is 1. The summed E-state index contributed by atoms with van der Waals surface area (Å²) in [5.74, 6) is 0. The molecule has 0 radical (unpaired) electrons. The van der Waals surface area contributed by atoms with Crippen molar-refractivity contribution in [3.63, 3.8) is 0 Å². The molecule has 5 aromatic rings. The minimum Gasteiger partial charge on any atom is -0.135 e. The highest BCUT2D eigenvalue weighted by atomic mass is 35.5. The van der Waals surface area contributed by atoms with Gasteiger partial charge in [0.15, 0.2) is 0 Å². The van der Waals surface area contributed by atoms with Gasteiger partial charge in [0.1, 0.15) is 0 Å². The predicted molar refractivity (Wildman–Crippen MR) is 127 cm³/mol. The molecule has 0 saturated heterocycles. The van der Waals surface area contributed by atoms with E-state index in [1.54, 1.807) is 0 Å². The molecule has 29 heavy (non-hydrogen) atoms. The molecule has 0 amide bonds. The number of rotatable bonds is 0. The molecule has 4 aromatic carbocycles. The summed E-state index contributed by atoms with van der Waals surface area (Å²) in [7, 11) is 0. The van der Waals surface area contributed by atoms with Gasteiger partial charge in [-0.25, -0.2) is 0 Å². The van der Waals surface area contributed by atoms with Crippen LogP contribution in [-0.4, -0.2) is 0 Å². The first kappa shape index (κ1) is 16.0. The van der Waals surface area contributed by atoms with Crippen LogP contribution in [0.3, 0.4) is 0 Å². The van der Waals surface area contributed by atoms with Crippen LogP contribution in [0.5, 0.6) is 0 Å². The van der Waals surface area contributed by atoms with E-state index in [2.05, 4.69) is 72.8 Å². The zero-order valence-electron chi connectivity index (χ0n) is 15.5. The van der Waals surface area contributed by atoms with E-state index in [1.807, 2.05) is 17.4 Å². The van der Waals surface area contributed by atoms with Crippen molar-refractivity contribution in [1.29, 1.82) is 0 Å². The second kappa shape index (κ2) is 5.60. The minimum atomic E-state index is 0.795. The summed E-state index contributed by atoms with van der Waals surface area (Å²) in [5, 5.41) is 3.57. The summed E-state index contributed by atoms with van der Waals surface area (Å²) in [4.78, 5) is 0. The van der Waals surface area contributed by atoms with E-state index in [0.717, 1.165) is 11.4 Å². The molecular weight excluding hydrogens is 392 g/mol. The van der Waals surface area contributed by atoms with E-state index in [-0.39, 0.29) is 0 Å². The van der Waals surface area contributed by atoms with Crippen LogP contribution < -0.4 is 0 Å². The van der Waals surface area contributed by atoms with Gasteiger partial charge >= 0.3 is 0 Å². The zero-order chi connectivity index (χ0) is 19.1. The quantitative estimate of drug-likeness (QED) is 0.242. The first-order chi connectivity index (χ1) is 14.3. The fourth-order valence-electron chi connectivity index (χ4n) is 5.14. The third-order valence-corrected chi connectivity index (χ3v) is 7.69. The Morgan fingerprint density at radius 2 is 1.38 bits per heavy atom. The van der Waals surface area contributed by atoms with Crippen molar-refractivity contribution in [2.24, 2.45) is 0 Å². The van der Waals surface area contributed by atoms with Crippen molar-refractivity contribution in [2.75, 3.05) is 0 Å². The summed E-state index contributed by atoms with van der Waals surface area (Å²) < 4.78 is 2.71. The van der Waals surface area contributed by atoms with Crippen molar-refractivity contribution < 1.29 is 0 Å². The molecule has 7 rings (SSSR count). The Kier molecular flexibility index (Phi) is 3.09. The SMILES string of the molecule is Clc1ccc2c(c1)C1=Cc3cccc4sc5cccc(c5c34)-c3cccc-2c3C1. The number of allylic oxidation sites excluding steroid dienone is 1. The van der Waals surface area contributed by atoms with Crippen LogP contribution in [0.4, 0.5) is 0 Å². The van der Waals surface area contributed by atoms with E-state index in [4.69, 9.17) is 11.6 Å². The lowest BCUT2D eigenvalue weighted by Gasteiger charge is -2.25. The van der Waals surface area contributed by atoms with E-state index < -0.39 is 0 Å². The lowest BCUT2D eigenvalue weighted by molar-refractivity contribution is 1.26. The standard InChI is InChI=1S/C27H15ClS/c28-17-10-11-20-18-5-2-6-19-21-7-3-9-25-27(21)26-15(4-1-8-24(26)29-25)12-16(13-23(18)19)22(20)14-17/h1-12,14H,13H2. The molecule has 0 nitrogen and oxygen atoms in total. The van der Waals surface area contributed by atoms with Crippen LogP contribution in [0, 0.1) is 0 Å². The third kappa shape index (κ3) is 2.09. The van der Waals surface area contributed by atoms with E-state index in [9.17, 15) is 0 Å². The summed E-state index contributed by atoms with van der Waals surface area (Å²) >= 11 is 8.31. The fraction of sp³-hybridized carbons (Fsp3) is 0.0370. The Bertz CT molecular complexity index is 1530. The number of hydrogen-bond donors (Lipinski definition) is 0. The fourth-order valence-corrected chi connectivity index (χ4v) is 6.48. The number of fused-ring (bicyclic) bond motifs is 5. The van der Waals surface area contributed by atoms with Gasteiger partial charge in [0.2, 0.25) is 0 Å². The smallest absolute Gasteiger partial charge is 0.0412 e. The lowest BCUT2D eigenvalue weighted by atomic mass is 9.79. The largest absolute Gasteiger partial charge is 0.135 e. The summed E-state index contributed by atoms with van der Waals surface area (Å²) in [6.07, 6.45) is 3.32. The van der Waals surface area contributed by atoms with Gasteiger partial charge in [-0.2, -0.15) is 0 Å². The molecule has 1 aromatic heterocycles. The van der Waals surface area contributed by atoms with Crippen LogP contribution in [0.1, 0.15) is 16.7 Å². The van der Waals surface area contributed by atoms with Crippen molar-refractivity contribution >= 4 is 54.8 Å². The van der Waals surface area contributed by atoms with Crippen LogP contribution in [0.2, 0.25) is 5.02 Å². The molecule has 1 heterocycles. The Hall–Kier alpha value is -2.87. The molecule has 2 aliphatic carbocycles. The van der Waals surface area contributed by atoms with Gasteiger partial charge in [-0.05, 0) is 75.2 Å². The van der Waals surface area contributed by atoms with Crippen LogP contribution in [0.25, 0.3) is 54.1 Å². The van der Waals surface area contributed by atoms with Crippen molar-refractivity contribution in [3.8, 4) is 22.3 Å². The third-order valence-electron chi connectivity index (χ3n) is 6.34. The highest BCUT2D eigenvalue weighted by Crippen LogP contribution is 2.49. The second-order valence-electron chi connectivity index (χ2n) is 7.87. The summed E-state index contributed by atoms with van der Waals surface area (Å²) in [6.45, 7) is 0. The van der Waals surface area contributed by atoms with Gasteiger partial charge in [-0.1, -0.05) is 66.2 Å². The maximum Gasteiger partial charge on any atom is 0.0412 e. The van der Waals surface area contributed by atoms with E-state index >= 15 is 0 Å². The van der Waals surface area contributed by atoms with Crippen molar-refractivity contribution in [1.82, 2.24) is 0 Å². The average Bonchev–Trinajstić information content (AvgIpc) is 3.14. The molecule has 0 spiro atoms. The Morgan fingerprint density at radius 1 is 0.655 bits per heavy atom. The first-order valence-electron chi connectivity index (χ1n) is 9.85. The topological polar surface area (TPSA) is 0 Å². The molecule has 136 valence electrons. The van der Waals surface area contributed by atoms with Crippen molar-refractivity contribution in [2.45, 2.75) is 6.42 Å². The van der Waals surface area contributed by atoms with Gasteiger partial charge in [0.25, 0.3) is 0 Å². The average molecular weight is 407 g/mol. The molecule has 0 fully saturated rings. The van der Waals surface area contributed by atoms with E-state index in [0.29, 0.717) is 0 Å². The van der Waals surface area contributed by atoms with Crippen LogP contribution in [0.15, 0.2) is 72.8 Å². The molecule has 0 aliphatic heterocycles. The molecule has 2 bridgehead atoms. The van der Waals surface area contributed by atoms with Crippen molar-refractivity contribution in [3.05, 3.63) is 94.5 Å². The monoisotopic (exact) mass is 406 g/mol. The second-order valence-corrected chi connectivity index (χ2v) is 9.39. The maximum absolute atomic E-state index is 6.42. The normalized spacial score (nSPS) is 13.8. The Labute approximate surface area is 177 Å². The zero-order valence-corrected chi connectivity index (χ0v) is 17.1. The van der Waals surface area contributed by atoms with Gasteiger partial charge in [-0.3, -0.25) is 0 Å². The molecule has 2 heteroatoms. The lowest BCUT2D eigenvalue weighted by Crippen LogP contribution is -2.05. The van der Waals surface area contributed by atoms with Gasteiger partial charge in [0, 0.05) is 25.2 Å². The highest BCUT2D eigenvalue weighted by molar-refractivity contribution is 7.26. The maximum atomic E-state index is 6.42. The summed E-state index contributed by atoms with van der Waals surface area (Å²) in [6, 6.07) is 26.5. The summed E-state index contributed by atoms with van der Waals surface area (Å²) in [5.41, 5.74) is 10.7. The van der Waals surface area contributed by atoms with E-state index in [1.165, 1.54) is 64.7 Å². The minimum absolute atomic E-state index is 0.795. The first-order valence-corrected chi connectivity index (χ1v) is 11.0. The molecule has 0 saturated carbocycles. The Balaban J connectivity index is 1.76.